The van der Waals surface area contributed by atoms with Crippen LogP contribution in [0.25, 0.3) is 11.1 Å². The summed E-state index contributed by atoms with van der Waals surface area (Å²) < 4.78 is 29.3. The highest BCUT2D eigenvalue weighted by atomic mass is 19.1. The Hall–Kier alpha value is -3.62. The number of oxazole rings is 1. The van der Waals surface area contributed by atoms with E-state index in [4.69, 9.17) is 13.9 Å². The topological polar surface area (TPSA) is 107 Å². The molecule has 0 aliphatic heterocycles. The van der Waals surface area contributed by atoms with Crippen molar-refractivity contribution in [2.24, 2.45) is 0 Å². The van der Waals surface area contributed by atoms with Crippen molar-refractivity contribution in [2.45, 2.75) is 32.4 Å². The second-order valence-corrected chi connectivity index (χ2v) is 6.50. The Labute approximate surface area is 172 Å². The number of ether oxygens (including phenoxy) is 2. The second-order valence-electron chi connectivity index (χ2n) is 6.50. The highest BCUT2D eigenvalue weighted by molar-refractivity contribution is 5.78. The number of aliphatic carboxylic acids is 1. The van der Waals surface area contributed by atoms with E-state index in [9.17, 15) is 14.3 Å². The molecule has 0 bridgehead atoms. The average Bonchev–Trinajstić information content (AvgIpc) is 3.14. The molecule has 0 fully saturated rings. The van der Waals surface area contributed by atoms with Gasteiger partial charge in [-0.1, -0.05) is 6.92 Å². The Morgan fingerprint density at radius 2 is 2.20 bits per heavy atom. The molecule has 3 aromatic rings. The van der Waals surface area contributed by atoms with Crippen LogP contribution in [0.1, 0.15) is 25.5 Å². The molecule has 0 amide bonds. The van der Waals surface area contributed by atoms with Crippen molar-refractivity contribution in [1.29, 1.82) is 0 Å². The summed E-state index contributed by atoms with van der Waals surface area (Å²) >= 11 is 0. The lowest BCUT2D eigenvalue weighted by Gasteiger charge is -2.14. The summed E-state index contributed by atoms with van der Waals surface area (Å²) in [6.07, 6.45) is 3.92. The fourth-order valence-electron chi connectivity index (χ4n) is 2.71. The average molecular weight is 415 g/mol. The number of halogens is 1. The largest absolute Gasteiger partial charge is 0.495 e. The second kappa shape index (κ2) is 9.73. The number of methoxy groups -OCH3 is 1. The minimum Gasteiger partial charge on any atom is -0.495 e. The van der Waals surface area contributed by atoms with Gasteiger partial charge in [0.2, 0.25) is 0 Å². The van der Waals surface area contributed by atoms with Crippen molar-refractivity contribution in [3.8, 4) is 5.75 Å². The highest BCUT2D eigenvalue weighted by Gasteiger charge is 2.21. The zero-order chi connectivity index (χ0) is 21.5. The number of carboxylic acid groups (broad SMARTS) is 1. The van der Waals surface area contributed by atoms with Crippen LogP contribution in [0.2, 0.25) is 0 Å². The minimum atomic E-state index is -1.07. The molecule has 0 unspecified atom stereocenters. The molecule has 2 N–H and O–H groups in total. The molecule has 2 aromatic heterocycles. The predicted molar refractivity (Wildman–Crippen MR) is 108 cm³/mol. The Morgan fingerprint density at radius 1 is 1.37 bits per heavy atom. The smallest absolute Gasteiger partial charge is 0.326 e. The number of nitrogens with one attached hydrogen (secondary N) is 1. The van der Waals surface area contributed by atoms with Crippen LogP contribution < -0.4 is 10.1 Å². The lowest BCUT2D eigenvalue weighted by molar-refractivity contribution is -0.137. The first-order valence-corrected chi connectivity index (χ1v) is 9.32. The number of hydrogen-bond acceptors (Lipinski definition) is 7. The lowest BCUT2D eigenvalue weighted by atomic mass is 10.1. The van der Waals surface area contributed by atoms with Crippen molar-refractivity contribution in [2.75, 3.05) is 12.4 Å². The number of carbonyl (C=O) groups is 1. The molecule has 2 heterocycles. The first-order valence-electron chi connectivity index (χ1n) is 9.32. The third-order valence-electron chi connectivity index (χ3n) is 4.38. The van der Waals surface area contributed by atoms with E-state index in [0.29, 0.717) is 23.4 Å². The molecular formula is C21H22FN3O5. The van der Waals surface area contributed by atoms with E-state index < -0.39 is 17.8 Å². The molecule has 30 heavy (non-hydrogen) atoms. The number of aromatic nitrogens is 2. The lowest BCUT2D eigenvalue weighted by Crippen LogP contribution is -2.29. The maximum Gasteiger partial charge on any atom is 0.326 e. The summed E-state index contributed by atoms with van der Waals surface area (Å²) in [6.45, 7) is 2.15. The van der Waals surface area contributed by atoms with E-state index in [-0.39, 0.29) is 24.6 Å². The van der Waals surface area contributed by atoms with E-state index in [2.05, 4.69) is 15.3 Å². The number of fused-ring (bicyclic) bond motifs is 1. The van der Waals surface area contributed by atoms with E-state index in [1.165, 1.54) is 18.2 Å². The van der Waals surface area contributed by atoms with Gasteiger partial charge in [-0.05, 0) is 36.3 Å². The van der Waals surface area contributed by atoms with Gasteiger partial charge >= 0.3 is 5.97 Å². The van der Waals surface area contributed by atoms with Crippen LogP contribution in [0.15, 0.2) is 52.8 Å². The summed E-state index contributed by atoms with van der Waals surface area (Å²) in [4.78, 5) is 20.1. The molecule has 158 valence electrons. The van der Waals surface area contributed by atoms with Crippen LogP contribution in [0.3, 0.4) is 0 Å². The van der Waals surface area contributed by atoms with E-state index in [0.717, 1.165) is 5.57 Å². The van der Waals surface area contributed by atoms with Gasteiger partial charge in [0.25, 0.3) is 6.01 Å². The summed E-state index contributed by atoms with van der Waals surface area (Å²) in [7, 11) is 1.56. The summed E-state index contributed by atoms with van der Waals surface area (Å²) in [5, 5.41) is 12.3. The molecule has 0 spiro atoms. The highest BCUT2D eigenvalue weighted by Crippen LogP contribution is 2.22. The molecule has 0 aliphatic rings. The Morgan fingerprint density at radius 3 is 2.87 bits per heavy atom. The van der Waals surface area contributed by atoms with Crippen LogP contribution in [-0.2, 0) is 16.1 Å². The molecule has 9 heteroatoms. The van der Waals surface area contributed by atoms with Crippen LogP contribution in [-0.4, -0.2) is 34.2 Å². The number of pyridine rings is 1. The quantitative estimate of drug-likeness (QED) is 0.476. The first-order chi connectivity index (χ1) is 14.5. The Kier molecular flexibility index (Phi) is 6.84. The monoisotopic (exact) mass is 415 g/mol. The zero-order valence-corrected chi connectivity index (χ0v) is 16.6. The molecule has 1 aromatic carbocycles. The van der Waals surface area contributed by atoms with Gasteiger partial charge in [0.05, 0.1) is 25.3 Å². The maximum absolute atomic E-state index is 13.3. The maximum atomic E-state index is 13.3. The molecule has 0 radical (unpaired) electrons. The number of benzene rings is 1. The minimum absolute atomic E-state index is 0.0156. The molecule has 1 atom stereocenters. The van der Waals surface area contributed by atoms with Gasteiger partial charge in [-0.25, -0.2) is 9.18 Å². The van der Waals surface area contributed by atoms with Gasteiger partial charge in [-0.15, -0.1) is 0 Å². The number of carboxylic acids is 1. The van der Waals surface area contributed by atoms with Gasteiger partial charge in [0.15, 0.2) is 5.58 Å². The normalized spacial score (nSPS) is 12.6. The number of anilines is 1. The van der Waals surface area contributed by atoms with Crippen molar-refractivity contribution >= 4 is 23.1 Å². The van der Waals surface area contributed by atoms with E-state index in [1.54, 1.807) is 31.7 Å². The van der Waals surface area contributed by atoms with Gasteiger partial charge in [0.1, 0.15) is 29.7 Å². The van der Waals surface area contributed by atoms with Gasteiger partial charge in [0, 0.05) is 12.5 Å². The van der Waals surface area contributed by atoms with Crippen molar-refractivity contribution in [3.05, 3.63) is 59.9 Å². The summed E-state index contributed by atoms with van der Waals surface area (Å²) in [5.74, 6) is -0.875. The fourth-order valence-corrected chi connectivity index (χ4v) is 2.71. The number of nitrogens with zero attached hydrogens (tertiary/aromatic N) is 2. The number of rotatable bonds is 10. The van der Waals surface area contributed by atoms with Crippen LogP contribution in [0.4, 0.5) is 10.4 Å². The SMILES string of the molecule is CC/C(=C/OCc1ccc(OC)cn1)C[C@H](Nc1nc2ccc(F)cc2o1)C(=O)O. The van der Waals surface area contributed by atoms with Crippen molar-refractivity contribution in [1.82, 2.24) is 9.97 Å². The van der Waals surface area contributed by atoms with Crippen molar-refractivity contribution < 1.29 is 28.2 Å². The Bertz CT molecular complexity index is 1030. The van der Waals surface area contributed by atoms with E-state index in [1.807, 2.05) is 6.92 Å². The van der Waals surface area contributed by atoms with E-state index >= 15 is 0 Å². The standard InChI is InChI=1S/C21H22FN3O5/c1-3-13(11-29-12-15-5-6-16(28-2)10-23-15)8-18(20(26)27)25-21-24-17-7-4-14(22)9-19(17)30-21/h4-7,9-11,18H,3,8,12H2,1-2H3,(H,24,25)(H,26,27)/b13-11-/t18-/m0/s1. The van der Waals surface area contributed by atoms with Crippen LogP contribution in [0, 0.1) is 5.82 Å². The van der Waals surface area contributed by atoms with Gasteiger partial charge in [-0.3, -0.25) is 4.98 Å². The summed E-state index contributed by atoms with van der Waals surface area (Å²) in [6, 6.07) is 6.52. The third kappa shape index (κ3) is 5.47. The van der Waals surface area contributed by atoms with Gasteiger partial charge in [-0.2, -0.15) is 4.98 Å². The molecule has 8 nitrogen and oxygen atoms in total. The fraction of sp³-hybridized carbons (Fsp3) is 0.286. The number of hydrogen-bond donors (Lipinski definition) is 2. The van der Waals surface area contributed by atoms with Crippen LogP contribution >= 0.6 is 0 Å². The molecule has 0 saturated heterocycles. The predicted octanol–water partition coefficient (Wildman–Crippen LogP) is 4.14. The third-order valence-corrected chi connectivity index (χ3v) is 4.38. The first kappa shape index (κ1) is 21.1. The Balaban J connectivity index is 1.63. The van der Waals surface area contributed by atoms with Crippen molar-refractivity contribution in [3.63, 3.8) is 0 Å². The summed E-state index contributed by atoms with van der Waals surface area (Å²) in [5.41, 5.74) is 2.17. The van der Waals surface area contributed by atoms with Gasteiger partial charge < -0.3 is 24.3 Å². The van der Waals surface area contributed by atoms with Crippen LogP contribution in [0.5, 0.6) is 5.75 Å². The molecule has 3 rings (SSSR count). The molecule has 0 saturated carbocycles. The molecule has 0 aliphatic carbocycles. The zero-order valence-electron chi connectivity index (χ0n) is 16.6. The molecular weight excluding hydrogens is 393 g/mol.